The summed E-state index contributed by atoms with van der Waals surface area (Å²) in [6.07, 6.45) is 2.69. The fraction of sp³-hybridized carbons (Fsp3) is 0.318. The molecule has 2 saturated heterocycles. The van der Waals surface area contributed by atoms with E-state index in [1.165, 1.54) is 5.56 Å². The van der Waals surface area contributed by atoms with E-state index in [1.807, 2.05) is 48.5 Å². The van der Waals surface area contributed by atoms with Crippen molar-refractivity contribution in [3.05, 3.63) is 71.8 Å². The first-order valence-corrected chi connectivity index (χ1v) is 11.3. The Kier molecular flexibility index (Phi) is 4.75. The number of rotatable bonds is 5. The molecule has 5 nitrogen and oxygen atoms in total. The van der Waals surface area contributed by atoms with Crippen LogP contribution in [-0.2, 0) is 22.8 Å². The second kappa shape index (κ2) is 7.09. The summed E-state index contributed by atoms with van der Waals surface area (Å²) >= 11 is 0. The van der Waals surface area contributed by atoms with Gasteiger partial charge in [-0.3, -0.25) is 4.90 Å². The number of amides is 2. The highest BCUT2D eigenvalue weighted by atomic mass is 32.2. The smallest absolute Gasteiger partial charge is 0.314 e. The highest BCUT2D eigenvalue weighted by Gasteiger charge is 2.53. The molecule has 0 saturated carbocycles. The van der Waals surface area contributed by atoms with Crippen LogP contribution in [0.3, 0.4) is 0 Å². The SMILES string of the molecule is C=Cc1ccc(CN2C(=O)N(c3ccc(CC)cc3)[C@@H]3CS(=O)(=O)C[C@@H]32)cc1. The van der Waals surface area contributed by atoms with Crippen molar-refractivity contribution in [1.29, 1.82) is 0 Å². The van der Waals surface area contributed by atoms with Crippen LogP contribution < -0.4 is 4.90 Å². The van der Waals surface area contributed by atoms with E-state index in [0.717, 1.165) is 23.2 Å². The van der Waals surface area contributed by atoms with E-state index in [1.54, 1.807) is 15.9 Å². The molecule has 0 aromatic heterocycles. The van der Waals surface area contributed by atoms with Crippen LogP contribution in [0.25, 0.3) is 6.08 Å². The Balaban J connectivity index is 1.66. The summed E-state index contributed by atoms with van der Waals surface area (Å²) in [5.41, 5.74) is 3.93. The summed E-state index contributed by atoms with van der Waals surface area (Å²) in [4.78, 5) is 16.6. The van der Waals surface area contributed by atoms with Crippen LogP contribution in [0.2, 0.25) is 0 Å². The minimum absolute atomic E-state index is 0.0187. The molecule has 0 unspecified atom stereocenters. The molecule has 2 aliphatic rings. The Hall–Kier alpha value is -2.60. The number of hydrogen-bond donors (Lipinski definition) is 0. The van der Waals surface area contributed by atoms with E-state index in [-0.39, 0.29) is 29.6 Å². The molecule has 4 rings (SSSR count). The van der Waals surface area contributed by atoms with Crippen molar-refractivity contribution in [2.75, 3.05) is 16.4 Å². The number of carbonyl (C=O) groups is 1. The van der Waals surface area contributed by atoms with Crippen LogP contribution in [0.1, 0.15) is 23.6 Å². The van der Waals surface area contributed by atoms with Crippen LogP contribution in [0.15, 0.2) is 55.1 Å². The lowest BCUT2D eigenvalue weighted by Gasteiger charge is -2.23. The third-order valence-electron chi connectivity index (χ3n) is 5.67. The highest BCUT2D eigenvalue weighted by molar-refractivity contribution is 7.91. The van der Waals surface area contributed by atoms with E-state index in [4.69, 9.17) is 0 Å². The van der Waals surface area contributed by atoms with Crippen LogP contribution in [0.4, 0.5) is 10.5 Å². The second-order valence-electron chi connectivity index (χ2n) is 7.46. The average molecular weight is 397 g/mol. The zero-order chi connectivity index (χ0) is 19.9. The number of urea groups is 1. The minimum Gasteiger partial charge on any atom is -0.314 e. The molecular formula is C22H24N2O3S. The molecule has 0 spiro atoms. The lowest BCUT2D eigenvalue weighted by molar-refractivity contribution is 0.206. The summed E-state index contributed by atoms with van der Waals surface area (Å²) in [5, 5.41) is 0. The Morgan fingerprint density at radius 3 is 2.21 bits per heavy atom. The number of aryl methyl sites for hydroxylation is 1. The van der Waals surface area contributed by atoms with Crippen molar-refractivity contribution in [3.8, 4) is 0 Å². The van der Waals surface area contributed by atoms with Gasteiger partial charge in [0.2, 0.25) is 0 Å². The van der Waals surface area contributed by atoms with Crippen molar-refractivity contribution >= 4 is 27.6 Å². The summed E-state index contributed by atoms with van der Waals surface area (Å²) in [6.45, 7) is 6.23. The fourth-order valence-electron chi connectivity index (χ4n) is 4.11. The number of fused-ring (bicyclic) bond motifs is 1. The zero-order valence-corrected chi connectivity index (χ0v) is 16.7. The fourth-order valence-corrected chi connectivity index (χ4v) is 6.06. The predicted octanol–water partition coefficient (Wildman–Crippen LogP) is 3.50. The van der Waals surface area contributed by atoms with Crippen molar-refractivity contribution in [1.82, 2.24) is 4.90 Å². The number of benzene rings is 2. The number of sulfone groups is 1. The van der Waals surface area contributed by atoms with Gasteiger partial charge >= 0.3 is 6.03 Å². The first-order chi connectivity index (χ1) is 13.4. The highest BCUT2D eigenvalue weighted by Crippen LogP contribution is 2.36. The predicted molar refractivity (Wildman–Crippen MR) is 112 cm³/mol. The first-order valence-electron chi connectivity index (χ1n) is 9.52. The van der Waals surface area contributed by atoms with Crippen LogP contribution in [0, 0.1) is 0 Å². The van der Waals surface area contributed by atoms with Gasteiger partial charge in [0, 0.05) is 12.2 Å². The lowest BCUT2D eigenvalue weighted by atomic mass is 10.1. The van der Waals surface area contributed by atoms with Gasteiger partial charge in [0.05, 0.1) is 23.6 Å². The van der Waals surface area contributed by atoms with Gasteiger partial charge < -0.3 is 4.90 Å². The summed E-state index contributed by atoms with van der Waals surface area (Å²) < 4.78 is 24.7. The Morgan fingerprint density at radius 2 is 1.61 bits per heavy atom. The molecular weight excluding hydrogens is 372 g/mol. The topological polar surface area (TPSA) is 57.7 Å². The molecule has 2 heterocycles. The maximum absolute atomic E-state index is 13.3. The van der Waals surface area contributed by atoms with Crippen LogP contribution >= 0.6 is 0 Å². The largest absolute Gasteiger partial charge is 0.325 e. The molecule has 2 aromatic rings. The summed E-state index contributed by atoms with van der Waals surface area (Å²) in [6, 6.07) is 14.9. The second-order valence-corrected chi connectivity index (χ2v) is 9.61. The average Bonchev–Trinajstić information content (AvgIpc) is 3.13. The van der Waals surface area contributed by atoms with E-state index < -0.39 is 9.84 Å². The van der Waals surface area contributed by atoms with Crippen molar-refractivity contribution < 1.29 is 13.2 Å². The molecule has 2 aliphatic heterocycles. The van der Waals surface area contributed by atoms with Crippen molar-refractivity contribution in [2.45, 2.75) is 32.0 Å². The molecule has 2 atom stereocenters. The van der Waals surface area contributed by atoms with E-state index in [0.29, 0.717) is 6.54 Å². The van der Waals surface area contributed by atoms with E-state index >= 15 is 0 Å². The molecule has 0 N–H and O–H groups in total. The number of anilines is 1. The first kappa shape index (κ1) is 18.7. The van der Waals surface area contributed by atoms with Gasteiger partial charge in [-0.15, -0.1) is 0 Å². The third-order valence-corrected chi connectivity index (χ3v) is 7.37. The van der Waals surface area contributed by atoms with E-state index in [9.17, 15) is 13.2 Å². The molecule has 6 heteroatoms. The standard InChI is InChI=1S/C22H24N2O3S/c1-3-16-5-7-18(8-6-16)13-23-20-14-28(26,27)15-21(20)24(22(23)25)19-11-9-17(4-2)10-12-19/h3,5-12,20-21H,1,4,13-15H2,2H3/t20-,21+/m0/s1. The normalized spacial score (nSPS) is 23.1. The third kappa shape index (κ3) is 3.33. The monoisotopic (exact) mass is 396 g/mol. The van der Waals surface area contributed by atoms with Crippen molar-refractivity contribution in [2.24, 2.45) is 0 Å². The molecule has 0 bridgehead atoms. The van der Waals surface area contributed by atoms with Gasteiger partial charge in [-0.05, 0) is 35.2 Å². The summed E-state index contributed by atoms with van der Waals surface area (Å²) in [5.74, 6) is 0.0442. The van der Waals surface area contributed by atoms with Crippen LogP contribution in [-0.4, -0.2) is 42.9 Å². The van der Waals surface area contributed by atoms with Gasteiger partial charge in [-0.2, -0.15) is 0 Å². The molecule has 28 heavy (non-hydrogen) atoms. The number of hydrogen-bond acceptors (Lipinski definition) is 3. The lowest BCUT2D eigenvalue weighted by Crippen LogP contribution is -2.37. The number of carbonyl (C=O) groups excluding carboxylic acids is 1. The van der Waals surface area contributed by atoms with Gasteiger partial charge in [-0.25, -0.2) is 13.2 Å². The quantitative estimate of drug-likeness (QED) is 0.727. The van der Waals surface area contributed by atoms with Crippen molar-refractivity contribution in [3.63, 3.8) is 0 Å². The zero-order valence-electron chi connectivity index (χ0n) is 15.9. The van der Waals surface area contributed by atoms with Gasteiger partial charge in [-0.1, -0.05) is 56.0 Å². The Labute approximate surface area is 166 Å². The molecule has 2 amide bonds. The number of nitrogens with zero attached hydrogens (tertiary/aromatic N) is 2. The van der Waals surface area contributed by atoms with E-state index in [2.05, 4.69) is 13.5 Å². The van der Waals surface area contributed by atoms with Gasteiger partial charge in [0.15, 0.2) is 9.84 Å². The van der Waals surface area contributed by atoms with Crippen LogP contribution in [0.5, 0.6) is 0 Å². The minimum atomic E-state index is -3.17. The summed E-state index contributed by atoms with van der Waals surface area (Å²) in [7, 11) is -3.17. The molecule has 2 aromatic carbocycles. The molecule has 0 aliphatic carbocycles. The Bertz CT molecular complexity index is 997. The Morgan fingerprint density at radius 1 is 1.00 bits per heavy atom. The molecule has 2 fully saturated rings. The maximum atomic E-state index is 13.3. The van der Waals surface area contributed by atoms with Gasteiger partial charge in [0.25, 0.3) is 0 Å². The maximum Gasteiger partial charge on any atom is 0.325 e. The molecule has 0 radical (unpaired) electrons. The van der Waals surface area contributed by atoms with Gasteiger partial charge in [0.1, 0.15) is 0 Å². The molecule has 146 valence electrons.